The summed E-state index contributed by atoms with van der Waals surface area (Å²) in [7, 11) is 1.74. The van der Waals surface area contributed by atoms with Crippen LogP contribution in [0.4, 0.5) is 0 Å². The highest BCUT2D eigenvalue weighted by Crippen LogP contribution is 2.06. The second kappa shape index (κ2) is 5.97. The molecule has 1 aromatic heterocycles. The van der Waals surface area contributed by atoms with E-state index in [2.05, 4.69) is 15.4 Å². The van der Waals surface area contributed by atoms with E-state index >= 15 is 0 Å². The molecule has 0 saturated heterocycles. The summed E-state index contributed by atoms with van der Waals surface area (Å²) in [6.07, 6.45) is 1.74. The molecule has 1 unspecified atom stereocenters. The number of nitrogens with one attached hydrogen (secondary N) is 1. The second-order valence-corrected chi connectivity index (χ2v) is 4.02. The van der Waals surface area contributed by atoms with Crippen molar-refractivity contribution in [3.8, 4) is 0 Å². The van der Waals surface area contributed by atoms with Crippen LogP contribution in [-0.4, -0.2) is 31.7 Å². The van der Waals surface area contributed by atoms with Crippen molar-refractivity contribution in [1.29, 1.82) is 0 Å². The fourth-order valence-corrected chi connectivity index (χ4v) is 1.40. The quantitative estimate of drug-likeness (QED) is 0.725. The maximum absolute atomic E-state index is 11.4. The number of carbonyl (C=O) groups is 2. The van der Waals surface area contributed by atoms with Gasteiger partial charge in [-0.3, -0.25) is 14.3 Å². The van der Waals surface area contributed by atoms with E-state index in [0.29, 0.717) is 5.82 Å². The molecule has 0 radical (unpaired) electrons. The average molecular weight is 240 g/mol. The molecule has 94 valence electrons. The Morgan fingerprint density at radius 3 is 2.76 bits per heavy atom. The lowest BCUT2D eigenvalue weighted by Gasteiger charge is -2.07. The van der Waals surface area contributed by atoms with Gasteiger partial charge in [-0.25, -0.2) is 4.98 Å². The van der Waals surface area contributed by atoms with Crippen LogP contribution in [0.3, 0.4) is 0 Å². The van der Waals surface area contributed by atoms with Crippen LogP contribution in [0.1, 0.15) is 25.6 Å². The first-order valence-electron chi connectivity index (χ1n) is 5.30. The Hall–Kier alpha value is -1.92. The van der Waals surface area contributed by atoms with Gasteiger partial charge in [0, 0.05) is 19.9 Å². The number of rotatable bonds is 6. The Morgan fingerprint density at radius 2 is 2.24 bits per heavy atom. The minimum absolute atomic E-state index is 0.00471. The molecule has 0 aliphatic carbocycles. The largest absolute Gasteiger partial charge is 0.481 e. The van der Waals surface area contributed by atoms with E-state index in [1.54, 1.807) is 25.0 Å². The zero-order chi connectivity index (χ0) is 12.8. The molecule has 0 bridgehead atoms. The molecule has 7 nitrogen and oxygen atoms in total. The SMILES string of the molecule is CC(CC(=O)O)CC(=O)NCc1ncn(C)n1. The standard InChI is InChI=1S/C10H16N4O3/c1-7(4-10(16)17)3-9(15)11-5-8-12-6-14(2)13-8/h6-7H,3-5H2,1-2H3,(H,11,15)(H,16,17). The number of aromatic nitrogens is 3. The van der Waals surface area contributed by atoms with Gasteiger partial charge in [0.05, 0.1) is 6.54 Å². The molecule has 2 N–H and O–H groups in total. The van der Waals surface area contributed by atoms with Crippen LogP contribution in [0.5, 0.6) is 0 Å². The zero-order valence-electron chi connectivity index (χ0n) is 9.88. The maximum atomic E-state index is 11.4. The molecule has 0 aliphatic heterocycles. The molecule has 0 aliphatic rings. The van der Waals surface area contributed by atoms with Gasteiger partial charge in [0.25, 0.3) is 0 Å². The van der Waals surface area contributed by atoms with Gasteiger partial charge in [-0.2, -0.15) is 5.10 Å². The molecule has 7 heteroatoms. The van der Waals surface area contributed by atoms with Crippen molar-refractivity contribution < 1.29 is 14.7 Å². The van der Waals surface area contributed by atoms with E-state index in [9.17, 15) is 9.59 Å². The molecule has 0 spiro atoms. The monoisotopic (exact) mass is 240 g/mol. The summed E-state index contributed by atoms with van der Waals surface area (Å²) < 4.78 is 1.55. The summed E-state index contributed by atoms with van der Waals surface area (Å²) in [5, 5.41) is 15.2. The predicted octanol–water partition coefficient (Wildman–Crippen LogP) is -0.0678. The highest BCUT2D eigenvalue weighted by atomic mass is 16.4. The fraction of sp³-hybridized carbons (Fsp3) is 0.600. The van der Waals surface area contributed by atoms with Crippen molar-refractivity contribution in [2.24, 2.45) is 13.0 Å². The van der Waals surface area contributed by atoms with Crippen molar-refractivity contribution in [3.63, 3.8) is 0 Å². The first-order chi connectivity index (χ1) is 7.97. The lowest BCUT2D eigenvalue weighted by Crippen LogP contribution is -2.25. The highest BCUT2D eigenvalue weighted by Gasteiger charge is 2.12. The molecule has 1 aromatic rings. The van der Waals surface area contributed by atoms with Crippen molar-refractivity contribution in [2.75, 3.05) is 0 Å². The summed E-state index contributed by atoms with van der Waals surface area (Å²) in [4.78, 5) is 25.8. The smallest absolute Gasteiger partial charge is 0.303 e. The van der Waals surface area contributed by atoms with E-state index in [1.807, 2.05) is 0 Å². The van der Waals surface area contributed by atoms with Gasteiger partial charge in [0.2, 0.25) is 5.91 Å². The number of carboxylic acid groups (broad SMARTS) is 1. The number of hydrogen-bond donors (Lipinski definition) is 2. The van der Waals surface area contributed by atoms with E-state index in [0.717, 1.165) is 0 Å². The molecule has 1 heterocycles. The maximum Gasteiger partial charge on any atom is 0.303 e. The molecule has 1 amide bonds. The number of amides is 1. The Kier molecular flexibility index (Phi) is 4.62. The third-order valence-corrected chi connectivity index (χ3v) is 2.15. The van der Waals surface area contributed by atoms with Gasteiger partial charge in [-0.05, 0) is 5.92 Å². The third kappa shape index (κ3) is 5.10. The van der Waals surface area contributed by atoms with Crippen molar-refractivity contribution in [1.82, 2.24) is 20.1 Å². The van der Waals surface area contributed by atoms with E-state index in [-0.39, 0.29) is 31.2 Å². The lowest BCUT2D eigenvalue weighted by atomic mass is 10.0. The van der Waals surface area contributed by atoms with Crippen LogP contribution in [0, 0.1) is 5.92 Å². The van der Waals surface area contributed by atoms with E-state index in [1.165, 1.54) is 0 Å². The van der Waals surface area contributed by atoms with Gasteiger partial charge in [0.1, 0.15) is 6.33 Å². The van der Waals surface area contributed by atoms with Gasteiger partial charge in [0.15, 0.2) is 5.82 Å². The Labute approximate surface area is 98.8 Å². The predicted molar refractivity (Wildman–Crippen MR) is 58.9 cm³/mol. The second-order valence-electron chi connectivity index (χ2n) is 4.02. The number of hydrogen-bond acceptors (Lipinski definition) is 4. The van der Waals surface area contributed by atoms with Crippen molar-refractivity contribution >= 4 is 11.9 Å². The van der Waals surface area contributed by atoms with Gasteiger partial charge in [-0.1, -0.05) is 6.92 Å². The first kappa shape index (κ1) is 13.1. The average Bonchev–Trinajstić information content (AvgIpc) is 2.59. The molecule has 1 rings (SSSR count). The molecule has 0 fully saturated rings. The van der Waals surface area contributed by atoms with E-state index < -0.39 is 5.97 Å². The molecule has 17 heavy (non-hydrogen) atoms. The normalized spacial score (nSPS) is 12.1. The number of aryl methyl sites for hydroxylation is 1. The van der Waals surface area contributed by atoms with E-state index in [4.69, 9.17) is 5.11 Å². The van der Waals surface area contributed by atoms with Gasteiger partial charge < -0.3 is 10.4 Å². The van der Waals surface area contributed by atoms with Crippen molar-refractivity contribution in [2.45, 2.75) is 26.3 Å². The summed E-state index contributed by atoms with van der Waals surface area (Å²) >= 11 is 0. The zero-order valence-corrected chi connectivity index (χ0v) is 9.88. The summed E-state index contributed by atoms with van der Waals surface area (Å²) in [6, 6.07) is 0. The topological polar surface area (TPSA) is 97.1 Å². The minimum Gasteiger partial charge on any atom is -0.481 e. The van der Waals surface area contributed by atoms with Crippen LogP contribution in [0.25, 0.3) is 0 Å². The molecular formula is C10H16N4O3. The van der Waals surface area contributed by atoms with Crippen LogP contribution in [0.2, 0.25) is 0 Å². The Balaban J connectivity index is 2.28. The van der Waals surface area contributed by atoms with Crippen LogP contribution >= 0.6 is 0 Å². The molecule has 1 atom stereocenters. The Morgan fingerprint density at radius 1 is 1.53 bits per heavy atom. The lowest BCUT2D eigenvalue weighted by molar-refractivity contribution is -0.138. The van der Waals surface area contributed by atoms with Crippen LogP contribution < -0.4 is 5.32 Å². The van der Waals surface area contributed by atoms with Crippen LogP contribution in [0.15, 0.2) is 6.33 Å². The van der Waals surface area contributed by atoms with Crippen LogP contribution in [-0.2, 0) is 23.2 Å². The molecule has 0 saturated carbocycles. The van der Waals surface area contributed by atoms with Gasteiger partial charge >= 0.3 is 5.97 Å². The third-order valence-electron chi connectivity index (χ3n) is 2.15. The summed E-state index contributed by atoms with van der Waals surface area (Å²) in [5.74, 6) is -0.723. The summed E-state index contributed by atoms with van der Waals surface area (Å²) in [6.45, 7) is 1.99. The first-order valence-corrected chi connectivity index (χ1v) is 5.30. The Bertz CT molecular complexity index is 402. The number of carboxylic acids is 1. The molecular weight excluding hydrogens is 224 g/mol. The van der Waals surface area contributed by atoms with Crippen molar-refractivity contribution in [3.05, 3.63) is 12.2 Å². The summed E-state index contributed by atoms with van der Waals surface area (Å²) in [5.41, 5.74) is 0. The fourth-order valence-electron chi connectivity index (χ4n) is 1.40. The molecule has 0 aromatic carbocycles. The minimum atomic E-state index is -0.892. The number of carbonyl (C=O) groups excluding carboxylic acids is 1. The number of aliphatic carboxylic acids is 1. The number of nitrogens with zero attached hydrogens (tertiary/aromatic N) is 3. The highest BCUT2D eigenvalue weighted by molar-refractivity contribution is 5.77. The van der Waals surface area contributed by atoms with Gasteiger partial charge in [-0.15, -0.1) is 0 Å².